The number of hydrogen-bond acceptors (Lipinski definition) is 3. The van der Waals surface area contributed by atoms with Gasteiger partial charge in [0.05, 0.1) is 19.3 Å². The van der Waals surface area contributed by atoms with E-state index in [1.54, 1.807) is 19.1 Å². The number of nitrogens with zero attached hydrogens (tertiary/aromatic N) is 1. The largest absolute Gasteiger partial charge is 0.490 e. The summed E-state index contributed by atoms with van der Waals surface area (Å²) in [5.41, 5.74) is 1.98. The van der Waals surface area contributed by atoms with Gasteiger partial charge in [-0.25, -0.2) is 4.39 Å². The molecule has 0 radical (unpaired) electrons. The van der Waals surface area contributed by atoms with Crippen LogP contribution in [0.4, 0.5) is 4.39 Å². The Kier molecular flexibility index (Phi) is 4.53. The molecule has 26 heavy (non-hydrogen) atoms. The summed E-state index contributed by atoms with van der Waals surface area (Å²) < 4.78 is 25.3. The van der Waals surface area contributed by atoms with E-state index in [-0.39, 0.29) is 17.8 Å². The number of likely N-dealkylation sites (tertiary alicyclic amines) is 1. The van der Waals surface area contributed by atoms with E-state index in [1.165, 1.54) is 6.07 Å². The highest BCUT2D eigenvalue weighted by molar-refractivity contribution is 5.94. The number of carbonyl (C=O) groups excluding carboxylic acids is 1. The van der Waals surface area contributed by atoms with Crippen molar-refractivity contribution < 1.29 is 18.7 Å². The second kappa shape index (κ2) is 6.98. The minimum absolute atomic E-state index is 0.0241. The van der Waals surface area contributed by atoms with Crippen LogP contribution in [0.25, 0.3) is 0 Å². The highest BCUT2D eigenvalue weighted by Gasteiger charge is 2.31. The second-order valence-corrected chi connectivity index (χ2v) is 6.88. The zero-order valence-corrected chi connectivity index (χ0v) is 14.8. The topological polar surface area (TPSA) is 38.8 Å². The Morgan fingerprint density at radius 2 is 1.88 bits per heavy atom. The molecule has 2 heterocycles. The highest BCUT2D eigenvalue weighted by atomic mass is 19.1. The lowest BCUT2D eigenvalue weighted by molar-refractivity contribution is 0.0735. The molecule has 2 aromatic rings. The molecule has 5 heteroatoms. The Bertz CT molecular complexity index is 836. The van der Waals surface area contributed by atoms with Crippen molar-refractivity contribution in [3.63, 3.8) is 0 Å². The van der Waals surface area contributed by atoms with Crippen LogP contribution in [0.15, 0.2) is 36.4 Å². The van der Waals surface area contributed by atoms with Crippen LogP contribution in [-0.2, 0) is 0 Å². The minimum Gasteiger partial charge on any atom is -0.490 e. The van der Waals surface area contributed by atoms with Crippen LogP contribution in [0.5, 0.6) is 11.5 Å². The van der Waals surface area contributed by atoms with Gasteiger partial charge in [-0.3, -0.25) is 4.79 Å². The predicted molar refractivity (Wildman–Crippen MR) is 96.2 cm³/mol. The fraction of sp³-hybridized carbons (Fsp3) is 0.381. The fourth-order valence-corrected chi connectivity index (χ4v) is 3.64. The second-order valence-electron chi connectivity index (χ2n) is 6.88. The van der Waals surface area contributed by atoms with Gasteiger partial charge in [0.1, 0.15) is 5.82 Å². The Balaban J connectivity index is 1.61. The fourth-order valence-electron chi connectivity index (χ4n) is 3.64. The van der Waals surface area contributed by atoms with Crippen molar-refractivity contribution in [2.45, 2.75) is 32.2 Å². The first-order chi connectivity index (χ1) is 12.6. The van der Waals surface area contributed by atoms with E-state index in [4.69, 9.17) is 9.47 Å². The zero-order valence-electron chi connectivity index (χ0n) is 14.8. The molecule has 0 spiro atoms. The van der Waals surface area contributed by atoms with Crippen molar-refractivity contribution in [2.24, 2.45) is 0 Å². The molecular formula is C21H22FNO3. The summed E-state index contributed by atoms with van der Waals surface area (Å²) >= 11 is 0. The number of aryl methyl sites for hydroxylation is 1. The SMILES string of the molecule is Cc1ccc(C(=O)N2CCCC2c2ccc3c(c2)OCCCO3)cc1F. The monoisotopic (exact) mass is 355 g/mol. The summed E-state index contributed by atoms with van der Waals surface area (Å²) in [6.07, 6.45) is 2.68. The molecule has 0 bridgehead atoms. The maximum atomic E-state index is 13.9. The van der Waals surface area contributed by atoms with E-state index >= 15 is 0 Å². The lowest BCUT2D eigenvalue weighted by atomic mass is 10.0. The van der Waals surface area contributed by atoms with Gasteiger partial charge in [0.2, 0.25) is 0 Å². The number of carbonyl (C=O) groups is 1. The molecule has 0 aliphatic carbocycles. The summed E-state index contributed by atoms with van der Waals surface area (Å²) in [5.74, 6) is 1.02. The summed E-state index contributed by atoms with van der Waals surface area (Å²) in [5, 5.41) is 0. The van der Waals surface area contributed by atoms with Crippen molar-refractivity contribution in [1.82, 2.24) is 4.90 Å². The van der Waals surface area contributed by atoms with E-state index in [0.717, 1.165) is 36.3 Å². The summed E-state index contributed by atoms with van der Waals surface area (Å²) in [4.78, 5) is 14.8. The van der Waals surface area contributed by atoms with Gasteiger partial charge in [0, 0.05) is 18.5 Å². The smallest absolute Gasteiger partial charge is 0.254 e. The molecule has 1 amide bonds. The third kappa shape index (κ3) is 3.14. The van der Waals surface area contributed by atoms with Gasteiger partial charge in [-0.2, -0.15) is 0 Å². The van der Waals surface area contributed by atoms with Crippen molar-refractivity contribution in [2.75, 3.05) is 19.8 Å². The molecule has 1 saturated heterocycles. The van der Waals surface area contributed by atoms with Gasteiger partial charge in [0.25, 0.3) is 5.91 Å². The third-order valence-corrected chi connectivity index (χ3v) is 5.09. The van der Waals surface area contributed by atoms with Crippen LogP contribution in [0, 0.1) is 12.7 Å². The van der Waals surface area contributed by atoms with Crippen LogP contribution in [0.2, 0.25) is 0 Å². The quantitative estimate of drug-likeness (QED) is 0.807. The van der Waals surface area contributed by atoms with Crippen LogP contribution in [0.3, 0.4) is 0 Å². The van der Waals surface area contributed by atoms with Crippen molar-refractivity contribution in [3.8, 4) is 11.5 Å². The van der Waals surface area contributed by atoms with Gasteiger partial charge in [-0.15, -0.1) is 0 Å². The number of halogens is 1. The number of benzene rings is 2. The van der Waals surface area contributed by atoms with E-state index in [0.29, 0.717) is 30.9 Å². The van der Waals surface area contributed by atoms with Crippen molar-refractivity contribution in [3.05, 3.63) is 58.9 Å². The molecule has 0 N–H and O–H groups in total. The molecule has 4 rings (SSSR count). The number of rotatable bonds is 2. The summed E-state index contributed by atoms with van der Waals surface area (Å²) in [6.45, 7) is 3.65. The number of amides is 1. The van der Waals surface area contributed by atoms with E-state index in [1.807, 2.05) is 23.1 Å². The molecule has 1 atom stereocenters. The zero-order chi connectivity index (χ0) is 18.1. The van der Waals surface area contributed by atoms with Gasteiger partial charge < -0.3 is 14.4 Å². The lowest BCUT2D eigenvalue weighted by Crippen LogP contribution is -2.30. The molecule has 1 unspecified atom stereocenters. The normalized spacial score (nSPS) is 19.3. The van der Waals surface area contributed by atoms with E-state index in [9.17, 15) is 9.18 Å². The number of ether oxygens (including phenoxy) is 2. The Morgan fingerprint density at radius 3 is 2.69 bits per heavy atom. The molecule has 2 aromatic carbocycles. The average molecular weight is 355 g/mol. The molecule has 136 valence electrons. The maximum Gasteiger partial charge on any atom is 0.254 e. The summed E-state index contributed by atoms with van der Waals surface area (Å²) in [6, 6.07) is 10.6. The minimum atomic E-state index is -0.345. The first kappa shape index (κ1) is 16.9. The average Bonchev–Trinajstić information content (AvgIpc) is 3.02. The Labute approximate surface area is 152 Å². The molecule has 4 nitrogen and oxygen atoms in total. The van der Waals surface area contributed by atoms with Gasteiger partial charge >= 0.3 is 0 Å². The Hall–Kier alpha value is -2.56. The van der Waals surface area contributed by atoms with Crippen LogP contribution < -0.4 is 9.47 Å². The summed E-state index contributed by atoms with van der Waals surface area (Å²) in [7, 11) is 0. The van der Waals surface area contributed by atoms with Crippen LogP contribution in [0.1, 0.15) is 46.8 Å². The first-order valence-electron chi connectivity index (χ1n) is 9.10. The molecule has 0 saturated carbocycles. The van der Waals surface area contributed by atoms with E-state index in [2.05, 4.69) is 0 Å². The lowest BCUT2D eigenvalue weighted by Gasteiger charge is -2.26. The molecule has 1 fully saturated rings. The third-order valence-electron chi connectivity index (χ3n) is 5.09. The van der Waals surface area contributed by atoms with Gasteiger partial charge in [0.15, 0.2) is 11.5 Å². The van der Waals surface area contributed by atoms with Crippen molar-refractivity contribution in [1.29, 1.82) is 0 Å². The standard InChI is InChI=1S/C21H22FNO3/c1-14-5-6-16(12-17(14)22)21(24)23-9-2-4-18(23)15-7-8-19-20(13-15)26-11-3-10-25-19/h5-8,12-13,18H,2-4,9-11H2,1H3. The predicted octanol–water partition coefficient (Wildman–Crippen LogP) is 4.27. The molecular weight excluding hydrogens is 333 g/mol. The highest BCUT2D eigenvalue weighted by Crippen LogP contribution is 2.38. The molecule has 2 aliphatic rings. The van der Waals surface area contributed by atoms with Gasteiger partial charge in [-0.05, 0) is 55.2 Å². The number of hydrogen-bond donors (Lipinski definition) is 0. The van der Waals surface area contributed by atoms with Crippen LogP contribution >= 0.6 is 0 Å². The first-order valence-corrected chi connectivity index (χ1v) is 9.10. The van der Waals surface area contributed by atoms with Crippen LogP contribution in [-0.4, -0.2) is 30.6 Å². The molecule has 0 aromatic heterocycles. The number of fused-ring (bicyclic) bond motifs is 1. The van der Waals surface area contributed by atoms with Crippen molar-refractivity contribution >= 4 is 5.91 Å². The molecule has 2 aliphatic heterocycles. The van der Waals surface area contributed by atoms with Gasteiger partial charge in [-0.1, -0.05) is 12.1 Å². The maximum absolute atomic E-state index is 13.9. The van der Waals surface area contributed by atoms with E-state index < -0.39 is 0 Å². The Morgan fingerprint density at radius 1 is 1.08 bits per heavy atom.